The molecular weight excluding hydrogens is 258 g/mol. The van der Waals surface area contributed by atoms with E-state index in [1.165, 1.54) is 0 Å². The third kappa shape index (κ3) is 2.48. The smallest absolute Gasteiger partial charge is 0.127 e. The second-order valence-corrected chi connectivity index (χ2v) is 4.84. The van der Waals surface area contributed by atoms with Gasteiger partial charge in [-0.1, -0.05) is 60.7 Å². The SMILES string of the molecule is COc1ccc(N)c(-c2ccccc2)c1-c1ccccc1. The van der Waals surface area contributed by atoms with E-state index in [4.69, 9.17) is 10.5 Å². The molecule has 2 N–H and O–H groups in total. The lowest BCUT2D eigenvalue weighted by Crippen LogP contribution is -1.97. The van der Waals surface area contributed by atoms with Gasteiger partial charge in [-0.3, -0.25) is 0 Å². The minimum Gasteiger partial charge on any atom is -0.496 e. The molecule has 2 heteroatoms. The van der Waals surface area contributed by atoms with Crippen molar-refractivity contribution in [1.29, 1.82) is 0 Å². The normalized spacial score (nSPS) is 10.3. The zero-order valence-corrected chi connectivity index (χ0v) is 11.9. The van der Waals surface area contributed by atoms with Crippen molar-refractivity contribution in [2.75, 3.05) is 12.8 Å². The summed E-state index contributed by atoms with van der Waals surface area (Å²) in [7, 11) is 1.69. The van der Waals surface area contributed by atoms with E-state index in [0.717, 1.165) is 33.7 Å². The Labute approximate surface area is 124 Å². The molecule has 21 heavy (non-hydrogen) atoms. The standard InChI is InChI=1S/C19H17NO/c1-21-17-13-12-16(20)18(14-8-4-2-5-9-14)19(17)15-10-6-3-7-11-15/h2-13H,20H2,1H3. The predicted octanol–water partition coefficient (Wildman–Crippen LogP) is 4.61. The second kappa shape index (κ2) is 5.71. The van der Waals surface area contributed by atoms with Crippen LogP contribution in [0, 0.1) is 0 Å². The lowest BCUT2D eigenvalue weighted by Gasteiger charge is -2.17. The molecule has 3 aromatic carbocycles. The molecule has 3 rings (SSSR count). The van der Waals surface area contributed by atoms with Crippen LogP contribution in [-0.2, 0) is 0 Å². The first-order chi connectivity index (χ1) is 10.3. The Balaban J connectivity index is 2.33. The molecule has 0 aliphatic rings. The molecule has 0 saturated heterocycles. The van der Waals surface area contributed by atoms with Crippen LogP contribution < -0.4 is 10.5 Å². The number of hydrogen-bond acceptors (Lipinski definition) is 2. The summed E-state index contributed by atoms with van der Waals surface area (Å²) in [6.45, 7) is 0. The van der Waals surface area contributed by atoms with Gasteiger partial charge in [-0.05, 0) is 23.3 Å². The summed E-state index contributed by atoms with van der Waals surface area (Å²) >= 11 is 0. The van der Waals surface area contributed by atoms with Crippen molar-refractivity contribution in [3.8, 4) is 28.0 Å². The molecule has 0 aliphatic carbocycles. The van der Waals surface area contributed by atoms with Gasteiger partial charge in [-0.2, -0.15) is 0 Å². The van der Waals surface area contributed by atoms with Crippen LogP contribution >= 0.6 is 0 Å². The summed E-state index contributed by atoms with van der Waals surface area (Å²) in [5.41, 5.74) is 11.2. The summed E-state index contributed by atoms with van der Waals surface area (Å²) in [5.74, 6) is 0.828. The maximum atomic E-state index is 6.26. The van der Waals surface area contributed by atoms with E-state index in [0.29, 0.717) is 0 Å². The van der Waals surface area contributed by atoms with E-state index in [1.54, 1.807) is 7.11 Å². The second-order valence-electron chi connectivity index (χ2n) is 4.84. The number of nitrogen functional groups attached to an aromatic ring is 1. The molecule has 0 fully saturated rings. The van der Waals surface area contributed by atoms with Gasteiger partial charge in [0.15, 0.2) is 0 Å². The third-order valence-corrected chi connectivity index (χ3v) is 3.54. The van der Waals surface area contributed by atoms with E-state index in [-0.39, 0.29) is 0 Å². The molecule has 0 saturated carbocycles. The Bertz CT molecular complexity index is 736. The largest absolute Gasteiger partial charge is 0.496 e. The van der Waals surface area contributed by atoms with Crippen molar-refractivity contribution >= 4 is 5.69 Å². The van der Waals surface area contributed by atoms with E-state index < -0.39 is 0 Å². The highest BCUT2D eigenvalue weighted by Gasteiger charge is 2.15. The van der Waals surface area contributed by atoms with Crippen LogP contribution in [0.25, 0.3) is 22.3 Å². The van der Waals surface area contributed by atoms with Gasteiger partial charge in [0.1, 0.15) is 5.75 Å². The first-order valence-corrected chi connectivity index (χ1v) is 6.88. The van der Waals surface area contributed by atoms with Crippen LogP contribution in [0.3, 0.4) is 0 Å². The van der Waals surface area contributed by atoms with Crippen LogP contribution in [-0.4, -0.2) is 7.11 Å². The number of hydrogen-bond donors (Lipinski definition) is 1. The van der Waals surface area contributed by atoms with E-state index in [9.17, 15) is 0 Å². The number of benzene rings is 3. The Hall–Kier alpha value is -2.74. The number of anilines is 1. The number of rotatable bonds is 3. The van der Waals surface area contributed by atoms with Gasteiger partial charge in [-0.25, -0.2) is 0 Å². The lowest BCUT2D eigenvalue weighted by atomic mass is 9.92. The maximum Gasteiger partial charge on any atom is 0.127 e. The Kier molecular flexibility index (Phi) is 3.61. The molecule has 0 heterocycles. The highest BCUT2D eigenvalue weighted by Crippen LogP contribution is 2.42. The molecule has 0 spiro atoms. The first-order valence-electron chi connectivity index (χ1n) is 6.88. The summed E-state index contributed by atoms with van der Waals surface area (Å²) in [4.78, 5) is 0. The maximum absolute atomic E-state index is 6.26. The van der Waals surface area contributed by atoms with E-state index >= 15 is 0 Å². The summed E-state index contributed by atoms with van der Waals surface area (Å²) < 4.78 is 5.56. The minimum atomic E-state index is 0.751. The van der Waals surface area contributed by atoms with Crippen molar-refractivity contribution in [3.05, 3.63) is 72.8 Å². The molecular formula is C19H17NO. The summed E-state index contributed by atoms with van der Waals surface area (Å²) in [5, 5.41) is 0. The quantitative estimate of drug-likeness (QED) is 0.708. The molecule has 0 radical (unpaired) electrons. The van der Waals surface area contributed by atoms with Crippen molar-refractivity contribution in [3.63, 3.8) is 0 Å². The highest BCUT2D eigenvalue weighted by atomic mass is 16.5. The lowest BCUT2D eigenvalue weighted by molar-refractivity contribution is 0.416. The first kappa shape index (κ1) is 13.3. The number of ether oxygens (including phenoxy) is 1. The van der Waals surface area contributed by atoms with Gasteiger partial charge in [-0.15, -0.1) is 0 Å². The highest BCUT2D eigenvalue weighted by molar-refractivity contribution is 5.94. The molecule has 0 aromatic heterocycles. The van der Waals surface area contributed by atoms with Crippen molar-refractivity contribution in [1.82, 2.24) is 0 Å². The Morgan fingerprint density at radius 2 is 1.19 bits per heavy atom. The molecule has 2 nitrogen and oxygen atoms in total. The Morgan fingerprint density at radius 1 is 0.667 bits per heavy atom. The van der Waals surface area contributed by atoms with Gasteiger partial charge < -0.3 is 10.5 Å². The van der Waals surface area contributed by atoms with Crippen molar-refractivity contribution in [2.45, 2.75) is 0 Å². The number of nitrogens with two attached hydrogens (primary N) is 1. The van der Waals surface area contributed by atoms with Gasteiger partial charge >= 0.3 is 0 Å². The van der Waals surface area contributed by atoms with Crippen LogP contribution in [0.4, 0.5) is 5.69 Å². The third-order valence-electron chi connectivity index (χ3n) is 3.54. The average Bonchev–Trinajstić information content (AvgIpc) is 2.56. The fraction of sp³-hybridized carbons (Fsp3) is 0.0526. The molecule has 104 valence electrons. The molecule has 0 aliphatic heterocycles. The number of methoxy groups -OCH3 is 1. The molecule has 0 unspecified atom stereocenters. The van der Waals surface area contributed by atoms with E-state index in [1.807, 2.05) is 48.5 Å². The van der Waals surface area contributed by atoms with Gasteiger partial charge in [0, 0.05) is 16.8 Å². The molecule has 0 atom stereocenters. The van der Waals surface area contributed by atoms with Crippen LogP contribution in [0.15, 0.2) is 72.8 Å². The summed E-state index contributed by atoms with van der Waals surface area (Å²) in [6, 6.07) is 24.2. The van der Waals surface area contributed by atoms with Crippen LogP contribution in [0.1, 0.15) is 0 Å². The van der Waals surface area contributed by atoms with Crippen molar-refractivity contribution < 1.29 is 4.74 Å². The van der Waals surface area contributed by atoms with Gasteiger partial charge in [0.25, 0.3) is 0 Å². The summed E-state index contributed by atoms with van der Waals surface area (Å²) in [6.07, 6.45) is 0. The molecule has 0 amide bonds. The average molecular weight is 275 g/mol. The fourth-order valence-corrected chi connectivity index (χ4v) is 2.58. The van der Waals surface area contributed by atoms with Crippen LogP contribution in [0.5, 0.6) is 5.75 Å². The molecule has 3 aromatic rings. The minimum absolute atomic E-state index is 0.751. The monoisotopic (exact) mass is 275 g/mol. The molecule has 0 bridgehead atoms. The van der Waals surface area contributed by atoms with Gasteiger partial charge in [0.05, 0.1) is 7.11 Å². The zero-order chi connectivity index (χ0) is 14.7. The van der Waals surface area contributed by atoms with E-state index in [2.05, 4.69) is 24.3 Å². The van der Waals surface area contributed by atoms with Gasteiger partial charge in [0.2, 0.25) is 0 Å². The topological polar surface area (TPSA) is 35.2 Å². The van der Waals surface area contributed by atoms with Crippen molar-refractivity contribution in [2.24, 2.45) is 0 Å². The fourth-order valence-electron chi connectivity index (χ4n) is 2.58. The zero-order valence-electron chi connectivity index (χ0n) is 11.9. The van der Waals surface area contributed by atoms with Crippen LogP contribution in [0.2, 0.25) is 0 Å². The predicted molar refractivity (Wildman–Crippen MR) is 88.3 cm³/mol. The Morgan fingerprint density at radius 3 is 1.71 bits per heavy atom.